The van der Waals surface area contributed by atoms with Gasteiger partial charge in [-0.3, -0.25) is 14.9 Å². The number of carbonyl (C=O) groups excluding carboxylic acids is 1. The van der Waals surface area contributed by atoms with Gasteiger partial charge in [0.05, 0.1) is 11.3 Å². The molecule has 1 atom stereocenters. The van der Waals surface area contributed by atoms with Crippen LogP contribution < -0.4 is 4.74 Å². The van der Waals surface area contributed by atoms with Crippen LogP contribution in [0.15, 0.2) is 54.6 Å². The molecule has 0 aliphatic carbocycles. The highest BCUT2D eigenvalue weighted by atomic mass is 16.6. The van der Waals surface area contributed by atoms with Crippen LogP contribution >= 0.6 is 0 Å². The van der Waals surface area contributed by atoms with Crippen LogP contribution in [0.2, 0.25) is 0 Å². The minimum Gasteiger partial charge on any atom is -0.427 e. The molecule has 0 N–H and O–H groups in total. The SMILES string of the molecule is CC(C)CC(CC(=O)Oc1ccc([N+](=O)[O-])cc1)c1ccccc1. The Morgan fingerprint density at radius 2 is 1.71 bits per heavy atom. The average molecular weight is 327 g/mol. The minimum atomic E-state index is -0.486. The van der Waals surface area contributed by atoms with Gasteiger partial charge in [0.15, 0.2) is 0 Å². The van der Waals surface area contributed by atoms with Gasteiger partial charge in [0, 0.05) is 12.1 Å². The van der Waals surface area contributed by atoms with Crippen molar-refractivity contribution in [1.29, 1.82) is 0 Å². The summed E-state index contributed by atoms with van der Waals surface area (Å²) in [6, 6.07) is 15.4. The lowest BCUT2D eigenvalue weighted by Gasteiger charge is -2.18. The molecule has 0 saturated heterocycles. The lowest BCUT2D eigenvalue weighted by Crippen LogP contribution is -2.14. The van der Waals surface area contributed by atoms with E-state index in [4.69, 9.17) is 4.74 Å². The van der Waals surface area contributed by atoms with Crippen molar-refractivity contribution < 1.29 is 14.5 Å². The number of ether oxygens (including phenoxy) is 1. The molecule has 126 valence electrons. The third-order valence-corrected chi connectivity index (χ3v) is 3.72. The summed E-state index contributed by atoms with van der Waals surface area (Å²) < 4.78 is 5.32. The van der Waals surface area contributed by atoms with Gasteiger partial charge in [-0.1, -0.05) is 44.2 Å². The maximum absolute atomic E-state index is 12.2. The third kappa shape index (κ3) is 5.19. The van der Waals surface area contributed by atoms with Gasteiger partial charge in [-0.05, 0) is 36.0 Å². The molecule has 0 amide bonds. The van der Waals surface area contributed by atoms with Crippen molar-refractivity contribution in [3.63, 3.8) is 0 Å². The summed E-state index contributed by atoms with van der Waals surface area (Å²) >= 11 is 0. The van der Waals surface area contributed by atoms with Crippen LogP contribution in [-0.2, 0) is 4.79 Å². The highest BCUT2D eigenvalue weighted by molar-refractivity contribution is 5.73. The van der Waals surface area contributed by atoms with Crippen LogP contribution in [0.25, 0.3) is 0 Å². The van der Waals surface area contributed by atoms with E-state index in [1.807, 2.05) is 30.3 Å². The number of hydrogen-bond donors (Lipinski definition) is 0. The molecule has 5 heteroatoms. The van der Waals surface area contributed by atoms with Gasteiger partial charge in [0.2, 0.25) is 0 Å². The molecule has 0 spiro atoms. The van der Waals surface area contributed by atoms with Crippen molar-refractivity contribution >= 4 is 11.7 Å². The van der Waals surface area contributed by atoms with E-state index in [0.717, 1.165) is 12.0 Å². The lowest BCUT2D eigenvalue weighted by molar-refractivity contribution is -0.384. The zero-order valence-electron chi connectivity index (χ0n) is 13.8. The van der Waals surface area contributed by atoms with Crippen molar-refractivity contribution in [1.82, 2.24) is 0 Å². The zero-order valence-corrected chi connectivity index (χ0v) is 13.8. The van der Waals surface area contributed by atoms with E-state index in [0.29, 0.717) is 11.7 Å². The molecule has 5 nitrogen and oxygen atoms in total. The van der Waals surface area contributed by atoms with Crippen LogP contribution in [0, 0.1) is 16.0 Å². The first-order chi connectivity index (χ1) is 11.5. The van der Waals surface area contributed by atoms with Crippen molar-refractivity contribution in [3.05, 3.63) is 70.3 Å². The lowest BCUT2D eigenvalue weighted by atomic mass is 9.88. The van der Waals surface area contributed by atoms with Gasteiger partial charge in [-0.25, -0.2) is 0 Å². The smallest absolute Gasteiger partial charge is 0.311 e. The molecular weight excluding hydrogens is 306 g/mol. The Morgan fingerprint density at radius 1 is 1.08 bits per heavy atom. The fourth-order valence-electron chi connectivity index (χ4n) is 2.64. The highest BCUT2D eigenvalue weighted by Crippen LogP contribution is 2.28. The van der Waals surface area contributed by atoms with Gasteiger partial charge in [0.1, 0.15) is 5.75 Å². The summed E-state index contributed by atoms with van der Waals surface area (Å²) in [6.45, 7) is 4.25. The highest BCUT2D eigenvalue weighted by Gasteiger charge is 2.19. The van der Waals surface area contributed by atoms with Crippen LogP contribution in [0.3, 0.4) is 0 Å². The number of non-ortho nitro benzene ring substituents is 1. The molecule has 1 unspecified atom stereocenters. The van der Waals surface area contributed by atoms with Gasteiger partial charge < -0.3 is 4.74 Å². The summed E-state index contributed by atoms with van der Waals surface area (Å²) in [5, 5.41) is 10.6. The molecule has 0 aromatic heterocycles. The van der Waals surface area contributed by atoms with Crippen molar-refractivity contribution in [3.8, 4) is 5.75 Å². The number of benzene rings is 2. The van der Waals surface area contributed by atoms with E-state index >= 15 is 0 Å². The Labute approximate surface area is 141 Å². The van der Waals surface area contributed by atoms with Crippen LogP contribution in [0.1, 0.15) is 38.2 Å². The zero-order chi connectivity index (χ0) is 17.5. The maximum Gasteiger partial charge on any atom is 0.311 e. The number of hydrogen-bond acceptors (Lipinski definition) is 4. The predicted molar refractivity (Wildman–Crippen MR) is 92.0 cm³/mol. The van der Waals surface area contributed by atoms with Gasteiger partial charge in [-0.15, -0.1) is 0 Å². The monoisotopic (exact) mass is 327 g/mol. The molecule has 2 aromatic rings. The molecule has 0 fully saturated rings. The molecule has 24 heavy (non-hydrogen) atoms. The Hall–Kier alpha value is -2.69. The fourth-order valence-corrected chi connectivity index (χ4v) is 2.64. The van der Waals surface area contributed by atoms with Gasteiger partial charge >= 0.3 is 5.97 Å². The Balaban J connectivity index is 2.03. The molecule has 0 radical (unpaired) electrons. The summed E-state index contributed by atoms with van der Waals surface area (Å²) in [7, 11) is 0. The van der Waals surface area contributed by atoms with Crippen molar-refractivity contribution in [2.45, 2.75) is 32.6 Å². The van der Waals surface area contributed by atoms with Crippen molar-refractivity contribution in [2.24, 2.45) is 5.92 Å². The predicted octanol–water partition coefficient (Wildman–Crippen LogP) is 4.72. The van der Waals surface area contributed by atoms with E-state index < -0.39 is 4.92 Å². The second kappa shape index (κ2) is 8.24. The molecule has 0 saturated carbocycles. The van der Waals surface area contributed by atoms with Gasteiger partial charge in [0.25, 0.3) is 5.69 Å². The number of carbonyl (C=O) groups is 1. The van der Waals surface area contributed by atoms with E-state index in [1.165, 1.54) is 24.3 Å². The summed E-state index contributed by atoms with van der Waals surface area (Å²) in [5.74, 6) is 0.541. The number of esters is 1. The largest absolute Gasteiger partial charge is 0.427 e. The molecule has 2 aromatic carbocycles. The van der Waals surface area contributed by atoms with E-state index in [9.17, 15) is 14.9 Å². The normalized spacial score (nSPS) is 12.0. The first-order valence-corrected chi connectivity index (χ1v) is 7.95. The van der Waals surface area contributed by atoms with E-state index in [1.54, 1.807) is 0 Å². The Morgan fingerprint density at radius 3 is 2.25 bits per heavy atom. The standard InChI is InChI=1S/C19H21NO4/c1-14(2)12-16(15-6-4-3-5-7-15)13-19(21)24-18-10-8-17(9-11-18)20(22)23/h3-11,14,16H,12-13H2,1-2H3. The second-order valence-corrected chi connectivity index (χ2v) is 6.17. The maximum atomic E-state index is 12.2. The van der Waals surface area contributed by atoms with Crippen molar-refractivity contribution in [2.75, 3.05) is 0 Å². The van der Waals surface area contributed by atoms with Crippen LogP contribution in [-0.4, -0.2) is 10.9 Å². The number of nitro benzene ring substituents is 1. The second-order valence-electron chi connectivity index (χ2n) is 6.17. The molecule has 2 rings (SSSR count). The molecular formula is C19H21NO4. The first-order valence-electron chi connectivity index (χ1n) is 7.95. The quantitative estimate of drug-likeness (QED) is 0.319. The first kappa shape index (κ1) is 17.7. The van der Waals surface area contributed by atoms with E-state index in [-0.39, 0.29) is 24.0 Å². The van der Waals surface area contributed by atoms with Gasteiger partial charge in [-0.2, -0.15) is 0 Å². The summed E-state index contributed by atoms with van der Waals surface area (Å²) in [6.07, 6.45) is 1.17. The average Bonchev–Trinajstić information content (AvgIpc) is 2.55. The Kier molecular flexibility index (Phi) is 6.07. The molecule has 0 aliphatic rings. The molecule has 0 heterocycles. The number of nitro groups is 1. The summed E-state index contributed by atoms with van der Waals surface area (Å²) in [4.78, 5) is 22.4. The fraction of sp³-hybridized carbons (Fsp3) is 0.316. The number of nitrogens with zero attached hydrogens (tertiary/aromatic N) is 1. The summed E-state index contributed by atoms with van der Waals surface area (Å²) in [5.41, 5.74) is 1.09. The van der Waals surface area contributed by atoms with Crippen LogP contribution in [0.4, 0.5) is 5.69 Å². The molecule has 0 aliphatic heterocycles. The number of rotatable bonds is 7. The van der Waals surface area contributed by atoms with E-state index in [2.05, 4.69) is 13.8 Å². The minimum absolute atomic E-state index is 0.0308. The Bertz CT molecular complexity index is 680. The topological polar surface area (TPSA) is 69.4 Å². The van der Waals surface area contributed by atoms with Crippen LogP contribution in [0.5, 0.6) is 5.75 Å². The molecule has 0 bridgehead atoms. The third-order valence-electron chi connectivity index (χ3n) is 3.72.